The Morgan fingerprint density at radius 3 is 1.97 bits per heavy atom. The zero-order valence-electron chi connectivity index (χ0n) is 19.3. The number of hydroxylamine groups is 2. The molecule has 0 N–H and O–H groups in total. The second kappa shape index (κ2) is 8.93. The molecule has 1 saturated heterocycles. The van der Waals surface area contributed by atoms with Gasteiger partial charge in [-0.25, -0.2) is 4.79 Å². The molecule has 1 fully saturated rings. The van der Waals surface area contributed by atoms with E-state index >= 15 is 0 Å². The highest BCUT2D eigenvalue weighted by molar-refractivity contribution is 5.94. The van der Waals surface area contributed by atoms with E-state index in [9.17, 15) is 9.59 Å². The lowest BCUT2D eigenvalue weighted by Crippen LogP contribution is -2.62. The van der Waals surface area contributed by atoms with Crippen molar-refractivity contribution in [1.82, 2.24) is 5.06 Å². The minimum atomic E-state index is -0.336. The number of nitrogens with zero attached hydrogens (tertiary/aromatic N) is 1. The normalized spacial score (nSPS) is 19.5. The number of ether oxygens (including phenoxy) is 1. The lowest BCUT2D eigenvalue weighted by molar-refractivity contribution is -0.313. The topological polar surface area (TPSA) is 55.8 Å². The Hall–Kier alpha value is -2.50. The molecule has 3 rings (SSSR count). The predicted molar refractivity (Wildman–Crippen MR) is 121 cm³/mol. The van der Waals surface area contributed by atoms with E-state index in [0.29, 0.717) is 24.0 Å². The monoisotopic (exact) mass is 423 g/mol. The second-order valence-electron chi connectivity index (χ2n) is 9.65. The number of esters is 1. The van der Waals surface area contributed by atoms with Gasteiger partial charge in [-0.05, 0) is 59.2 Å². The minimum absolute atomic E-state index is 0.0505. The molecule has 0 radical (unpaired) electrons. The van der Waals surface area contributed by atoms with E-state index in [2.05, 4.69) is 32.8 Å². The fourth-order valence-corrected chi connectivity index (χ4v) is 4.54. The SMILES string of the molecule is CC(=O)c1ccc(C(C)ON2C(C)(C)CC(OC(=O)c3ccccc3)CC2(C)C)cc1. The van der Waals surface area contributed by atoms with Crippen molar-refractivity contribution in [2.24, 2.45) is 0 Å². The average molecular weight is 424 g/mol. The van der Waals surface area contributed by atoms with Gasteiger partial charge >= 0.3 is 5.97 Å². The van der Waals surface area contributed by atoms with E-state index in [0.717, 1.165) is 5.56 Å². The first-order valence-electron chi connectivity index (χ1n) is 10.8. The van der Waals surface area contributed by atoms with Crippen LogP contribution in [0.4, 0.5) is 0 Å². The lowest BCUT2D eigenvalue weighted by Gasteiger charge is -2.54. The molecule has 1 atom stereocenters. The van der Waals surface area contributed by atoms with E-state index in [1.165, 1.54) is 0 Å². The fraction of sp³-hybridized carbons (Fsp3) is 0.462. The van der Waals surface area contributed by atoms with Crippen LogP contribution >= 0.6 is 0 Å². The summed E-state index contributed by atoms with van der Waals surface area (Å²) in [6.07, 6.45) is 0.974. The minimum Gasteiger partial charge on any atom is -0.459 e. The number of piperidine rings is 1. The first-order valence-corrected chi connectivity index (χ1v) is 10.8. The fourth-order valence-electron chi connectivity index (χ4n) is 4.54. The molecule has 0 bridgehead atoms. The second-order valence-corrected chi connectivity index (χ2v) is 9.65. The van der Waals surface area contributed by atoms with Crippen LogP contribution < -0.4 is 0 Å². The molecule has 1 aliphatic rings. The third-order valence-corrected chi connectivity index (χ3v) is 5.89. The molecule has 1 heterocycles. The van der Waals surface area contributed by atoms with Crippen LogP contribution in [0.25, 0.3) is 0 Å². The molecule has 0 aliphatic carbocycles. The number of carbonyl (C=O) groups is 2. The van der Waals surface area contributed by atoms with Crippen LogP contribution in [0.2, 0.25) is 0 Å². The van der Waals surface area contributed by atoms with Crippen LogP contribution in [-0.4, -0.2) is 34.0 Å². The Morgan fingerprint density at radius 2 is 1.45 bits per heavy atom. The van der Waals surface area contributed by atoms with Gasteiger partial charge in [-0.15, -0.1) is 0 Å². The van der Waals surface area contributed by atoms with Crippen LogP contribution in [0.15, 0.2) is 54.6 Å². The molecule has 0 aromatic heterocycles. The number of benzene rings is 2. The summed E-state index contributed by atoms with van der Waals surface area (Å²) in [4.78, 5) is 30.6. The van der Waals surface area contributed by atoms with Gasteiger partial charge in [0, 0.05) is 29.5 Å². The third kappa shape index (κ3) is 5.41. The van der Waals surface area contributed by atoms with E-state index < -0.39 is 0 Å². The Labute approximate surface area is 185 Å². The first-order chi connectivity index (χ1) is 14.5. The Balaban J connectivity index is 1.71. The van der Waals surface area contributed by atoms with Gasteiger partial charge in [-0.1, -0.05) is 42.5 Å². The summed E-state index contributed by atoms with van der Waals surface area (Å²) in [5.74, 6) is -0.236. The zero-order valence-corrected chi connectivity index (χ0v) is 19.3. The molecule has 1 unspecified atom stereocenters. The van der Waals surface area contributed by atoms with Crippen molar-refractivity contribution in [1.29, 1.82) is 0 Å². The van der Waals surface area contributed by atoms with Crippen LogP contribution in [-0.2, 0) is 9.57 Å². The summed E-state index contributed by atoms with van der Waals surface area (Å²) in [6.45, 7) is 12.0. The highest BCUT2D eigenvalue weighted by Crippen LogP contribution is 2.41. The van der Waals surface area contributed by atoms with Gasteiger partial charge in [0.2, 0.25) is 0 Å². The molecule has 0 amide bonds. The van der Waals surface area contributed by atoms with Gasteiger partial charge in [-0.3, -0.25) is 9.63 Å². The largest absolute Gasteiger partial charge is 0.459 e. The van der Waals surface area contributed by atoms with Crippen molar-refractivity contribution in [3.63, 3.8) is 0 Å². The number of carbonyl (C=O) groups excluding carboxylic acids is 2. The van der Waals surface area contributed by atoms with Crippen LogP contribution in [0, 0.1) is 0 Å². The first kappa shape index (κ1) is 23.2. The Kier molecular flexibility index (Phi) is 6.68. The quantitative estimate of drug-likeness (QED) is 0.437. The van der Waals surface area contributed by atoms with Crippen molar-refractivity contribution < 1.29 is 19.2 Å². The molecule has 0 saturated carbocycles. The Morgan fingerprint density at radius 1 is 0.903 bits per heavy atom. The van der Waals surface area contributed by atoms with Crippen LogP contribution in [0.3, 0.4) is 0 Å². The molecular weight excluding hydrogens is 390 g/mol. The highest BCUT2D eigenvalue weighted by atomic mass is 16.7. The average Bonchev–Trinajstić information content (AvgIpc) is 2.70. The number of hydrogen-bond acceptors (Lipinski definition) is 5. The van der Waals surface area contributed by atoms with Gasteiger partial charge < -0.3 is 4.74 Å². The highest BCUT2D eigenvalue weighted by Gasteiger charge is 2.48. The number of ketones is 1. The Bertz CT molecular complexity index is 900. The maximum Gasteiger partial charge on any atom is 0.338 e. The third-order valence-electron chi connectivity index (χ3n) is 5.89. The number of hydrogen-bond donors (Lipinski definition) is 0. The van der Waals surface area contributed by atoms with Crippen molar-refractivity contribution in [3.05, 3.63) is 71.3 Å². The van der Waals surface area contributed by atoms with Gasteiger partial charge in [0.25, 0.3) is 0 Å². The standard InChI is InChI=1S/C26H33NO4/c1-18(28)20-12-14-21(15-13-20)19(2)31-27-25(3,4)16-23(17-26(27,5)6)30-24(29)22-10-8-7-9-11-22/h7-15,19,23H,16-17H2,1-6H3. The summed E-state index contributed by atoms with van der Waals surface area (Å²) in [5, 5.41) is 2.05. The van der Waals surface area contributed by atoms with E-state index in [-0.39, 0.29) is 35.0 Å². The molecule has 5 heteroatoms. The number of rotatable bonds is 6. The van der Waals surface area contributed by atoms with Crippen molar-refractivity contribution >= 4 is 11.8 Å². The predicted octanol–water partition coefficient (Wildman–Crippen LogP) is 5.76. The molecule has 166 valence electrons. The van der Waals surface area contributed by atoms with Crippen molar-refractivity contribution in [3.8, 4) is 0 Å². The van der Waals surface area contributed by atoms with Crippen molar-refractivity contribution in [2.75, 3.05) is 0 Å². The summed E-state index contributed by atoms with van der Waals surface area (Å²) < 4.78 is 5.87. The maximum atomic E-state index is 12.6. The zero-order chi connectivity index (χ0) is 22.8. The van der Waals surface area contributed by atoms with Gasteiger partial charge in [0.15, 0.2) is 5.78 Å². The maximum absolute atomic E-state index is 12.6. The molecule has 0 spiro atoms. The van der Waals surface area contributed by atoms with E-state index in [4.69, 9.17) is 9.57 Å². The molecule has 2 aromatic rings. The summed E-state index contributed by atoms with van der Waals surface area (Å²) in [7, 11) is 0. The van der Waals surface area contributed by atoms with E-state index in [1.807, 2.05) is 49.4 Å². The summed E-state index contributed by atoms with van der Waals surface area (Å²) >= 11 is 0. The van der Waals surface area contributed by atoms with Gasteiger partial charge in [0.05, 0.1) is 5.56 Å². The van der Waals surface area contributed by atoms with E-state index in [1.54, 1.807) is 19.1 Å². The molecule has 1 aliphatic heterocycles. The molecule has 2 aromatic carbocycles. The molecule has 31 heavy (non-hydrogen) atoms. The van der Waals surface area contributed by atoms with Gasteiger partial charge in [0.1, 0.15) is 12.2 Å². The smallest absolute Gasteiger partial charge is 0.338 e. The molecular formula is C26H33NO4. The summed E-state index contributed by atoms with van der Waals surface area (Å²) in [6, 6.07) is 16.7. The molecule has 5 nitrogen and oxygen atoms in total. The van der Waals surface area contributed by atoms with Crippen molar-refractivity contribution in [2.45, 2.75) is 77.7 Å². The van der Waals surface area contributed by atoms with Crippen LogP contribution in [0.5, 0.6) is 0 Å². The lowest BCUT2D eigenvalue weighted by atomic mass is 9.80. The van der Waals surface area contributed by atoms with Gasteiger partial charge in [-0.2, -0.15) is 5.06 Å². The number of Topliss-reactive ketones (excluding diaryl/α,β-unsaturated/α-hetero) is 1. The van der Waals surface area contributed by atoms with Crippen LogP contribution in [0.1, 0.15) is 86.8 Å². The summed E-state index contributed by atoms with van der Waals surface area (Å²) in [5.41, 5.74) is 1.60.